The van der Waals surface area contributed by atoms with Crippen LogP contribution in [0.15, 0.2) is 48.5 Å². The van der Waals surface area contributed by atoms with Crippen molar-refractivity contribution in [2.24, 2.45) is 5.41 Å². The maximum atomic E-state index is 13.3. The summed E-state index contributed by atoms with van der Waals surface area (Å²) >= 11 is 5.26. The van der Waals surface area contributed by atoms with Crippen molar-refractivity contribution in [1.29, 1.82) is 0 Å². The van der Waals surface area contributed by atoms with Gasteiger partial charge in [-0.2, -0.15) is 0 Å². The molecule has 2 aromatic rings. The maximum Gasteiger partial charge on any atom is 0.328 e. The molecule has 0 aliphatic carbocycles. The zero-order chi connectivity index (χ0) is 23.9. The molecule has 2 fully saturated rings. The van der Waals surface area contributed by atoms with Crippen molar-refractivity contribution in [2.75, 3.05) is 0 Å². The van der Waals surface area contributed by atoms with Gasteiger partial charge in [-0.15, -0.1) is 0 Å². The summed E-state index contributed by atoms with van der Waals surface area (Å²) in [5.41, 5.74) is -2.39. The lowest BCUT2D eigenvalue weighted by molar-refractivity contribution is -0.385. The second-order valence-electron chi connectivity index (χ2n) is 7.29. The fourth-order valence-corrected chi connectivity index (χ4v) is 4.33. The number of hydrogen-bond acceptors (Lipinski definition) is 8. The lowest BCUT2D eigenvalue weighted by atomic mass is 9.65. The van der Waals surface area contributed by atoms with Gasteiger partial charge in [-0.1, -0.05) is 24.3 Å². The van der Waals surface area contributed by atoms with E-state index in [0.717, 1.165) is 0 Å². The summed E-state index contributed by atoms with van der Waals surface area (Å²) in [5.74, 6) is -2.02. The lowest BCUT2D eigenvalue weighted by Crippen LogP contribution is -2.73. The first-order valence-electron chi connectivity index (χ1n) is 9.37. The Bertz CT molecular complexity index is 1160. The standard InChI is InChI=1S/C19H14N6O7S/c26-15-19(16(27)23-17(28)22-15)13(9-3-1-5-11(7-9)24(29)30)20-18(33)21-14(19)10-4-2-6-12(8-10)25(31)32/h1-8,13-14H,(H2,20,21,33)(H2,22,23,26,27,28). The summed E-state index contributed by atoms with van der Waals surface area (Å²) in [6.45, 7) is 0. The van der Waals surface area contributed by atoms with Crippen LogP contribution in [-0.4, -0.2) is 32.8 Å². The van der Waals surface area contributed by atoms with E-state index in [-0.39, 0.29) is 27.6 Å². The summed E-state index contributed by atoms with van der Waals surface area (Å²) in [6.07, 6.45) is 0. The number of nitrogens with zero attached hydrogens (tertiary/aromatic N) is 2. The normalized spacial score (nSPS) is 21.5. The molecule has 2 aromatic carbocycles. The van der Waals surface area contributed by atoms with Crippen molar-refractivity contribution in [2.45, 2.75) is 12.1 Å². The van der Waals surface area contributed by atoms with Gasteiger partial charge in [0.2, 0.25) is 11.8 Å². The monoisotopic (exact) mass is 470 g/mol. The molecule has 2 unspecified atom stereocenters. The quantitative estimate of drug-likeness (QED) is 0.218. The molecule has 2 atom stereocenters. The second kappa shape index (κ2) is 7.90. The molecule has 2 aliphatic heterocycles. The first-order valence-corrected chi connectivity index (χ1v) is 9.78. The van der Waals surface area contributed by atoms with E-state index in [9.17, 15) is 34.6 Å². The average Bonchev–Trinajstić information content (AvgIpc) is 2.77. The Hall–Kier alpha value is -4.46. The van der Waals surface area contributed by atoms with Gasteiger partial charge >= 0.3 is 6.03 Å². The van der Waals surface area contributed by atoms with Crippen LogP contribution in [0.4, 0.5) is 16.2 Å². The van der Waals surface area contributed by atoms with Crippen LogP contribution < -0.4 is 21.3 Å². The molecule has 2 aliphatic rings. The Balaban J connectivity index is 1.96. The topological polar surface area (TPSA) is 186 Å². The molecule has 168 valence electrons. The van der Waals surface area contributed by atoms with Crippen molar-refractivity contribution in [3.63, 3.8) is 0 Å². The number of barbiturate groups is 1. The molecular formula is C19H14N6O7S. The van der Waals surface area contributed by atoms with Crippen molar-refractivity contribution in [3.05, 3.63) is 79.9 Å². The fourth-order valence-electron chi connectivity index (χ4n) is 4.10. The number of rotatable bonds is 4. The summed E-state index contributed by atoms with van der Waals surface area (Å²) in [4.78, 5) is 59.8. The van der Waals surface area contributed by atoms with Crippen LogP contribution >= 0.6 is 12.2 Å². The number of non-ortho nitro benzene ring substituents is 2. The third-order valence-electron chi connectivity index (χ3n) is 5.50. The summed E-state index contributed by atoms with van der Waals surface area (Å²) in [7, 11) is 0. The number of benzene rings is 2. The Morgan fingerprint density at radius 3 is 1.61 bits per heavy atom. The molecule has 2 saturated heterocycles. The van der Waals surface area contributed by atoms with Gasteiger partial charge in [-0.3, -0.25) is 40.5 Å². The number of nitro groups is 2. The van der Waals surface area contributed by atoms with Gasteiger partial charge in [0, 0.05) is 24.3 Å². The Labute approximate surface area is 189 Å². The van der Waals surface area contributed by atoms with Gasteiger partial charge in [0.1, 0.15) is 0 Å². The molecule has 0 aromatic heterocycles. The summed E-state index contributed by atoms with van der Waals surface area (Å²) < 4.78 is 0. The molecule has 4 rings (SSSR count). The number of nitro benzene ring substituents is 2. The van der Waals surface area contributed by atoms with E-state index in [1.807, 2.05) is 0 Å². The summed E-state index contributed by atoms with van der Waals surface area (Å²) in [5, 5.41) is 32.3. The molecule has 0 radical (unpaired) electrons. The molecule has 13 nitrogen and oxygen atoms in total. The number of imide groups is 2. The Morgan fingerprint density at radius 2 is 1.21 bits per heavy atom. The zero-order valence-corrected chi connectivity index (χ0v) is 17.3. The van der Waals surface area contributed by atoms with Crippen LogP contribution in [0.2, 0.25) is 0 Å². The van der Waals surface area contributed by atoms with Crippen LogP contribution in [0.1, 0.15) is 23.2 Å². The number of urea groups is 1. The minimum absolute atomic E-state index is 0.00821. The highest BCUT2D eigenvalue weighted by Gasteiger charge is 2.64. The van der Waals surface area contributed by atoms with Crippen molar-refractivity contribution >= 4 is 46.6 Å². The van der Waals surface area contributed by atoms with Crippen LogP contribution in [0.3, 0.4) is 0 Å². The van der Waals surface area contributed by atoms with E-state index in [2.05, 4.69) is 21.3 Å². The van der Waals surface area contributed by atoms with Gasteiger partial charge in [0.05, 0.1) is 21.9 Å². The van der Waals surface area contributed by atoms with Crippen molar-refractivity contribution in [1.82, 2.24) is 21.3 Å². The molecule has 0 saturated carbocycles. The number of nitrogens with one attached hydrogen (secondary N) is 4. The van der Waals surface area contributed by atoms with E-state index >= 15 is 0 Å². The largest absolute Gasteiger partial charge is 0.354 e. The van der Waals surface area contributed by atoms with E-state index in [1.54, 1.807) is 0 Å². The highest BCUT2D eigenvalue weighted by atomic mass is 32.1. The first-order chi connectivity index (χ1) is 15.6. The van der Waals surface area contributed by atoms with Crippen molar-refractivity contribution < 1.29 is 24.2 Å². The van der Waals surface area contributed by atoms with E-state index in [1.165, 1.54) is 48.5 Å². The Kier molecular flexibility index (Phi) is 5.21. The van der Waals surface area contributed by atoms with Gasteiger partial charge < -0.3 is 10.6 Å². The third kappa shape index (κ3) is 3.51. The number of amides is 4. The predicted molar refractivity (Wildman–Crippen MR) is 115 cm³/mol. The van der Waals surface area contributed by atoms with Crippen LogP contribution in [0, 0.1) is 25.6 Å². The molecular weight excluding hydrogens is 456 g/mol. The smallest absolute Gasteiger partial charge is 0.328 e. The summed E-state index contributed by atoms with van der Waals surface area (Å²) in [6, 6.07) is 6.93. The molecule has 14 heteroatoms. The SMILES string of the molecule is O=C1NC(=O)C2(C(=O)N1)C(c1cccc([N+](=O)[O-])c1)NC(=S)NC2c1cccc([N+](=O)[O-])c1. The highest BCUT2D eigenvalue weighted by Crippen LogP contribution is 2.49. The van der Waals surface area contributed by atoms with Gasteiger partial charge in [-0.25, -0.2) is 4.79 Å². The number of hydrogen-bond donors (Lipinski definition) is 4. The van der Waals surface area contributed by atoms with E-state index < -0.39 is 45.2 Å². The highest BCUT2D eigenvalue weighted by molar-refractivity contribution is 7.80. The minimum atomic E-state index is -2.14. The third-order valence-corrected chi connectivity index (χ3v) is 5.73. The molecule has 1 spiro atoms. The molecule has 2 heterocycles. The molecule has 0 bridgehead atoms. The predicted octanol–water partition coefficient (Wildman–Crippen LogP) is 1.12. The lowest BCUT2D eigenvalue weighted by Gasteiger charge is -2.49. The first kappa shape index (κ1) is 21.8. The maximum absolute atomic E-state index is 13.3. The van der Waals surface area contributed by atoms with Crippen LogP contribution in [0.25, 0.3) is 0 Å². The fraction of sp³-hybridized carbons (Fsp3) is 0.158. The Morgan fingerprint density at radius 1 is 0.788 bits per heavy atom. The second-order valence-corrected chi connectivity index (χ2v) is 7.70. The molecule has 33 heavy (non-hydrogen) atoms. The number of carbonyl (C=O) groups excluding carboxylic acids is 3. The minimum Gasteiger partial charge on any atom is -0.354 e. The van der Waals surface area contributed by atoms with E-state index in [0.29, 0.717) is 0 Å². The van der Waals surface area contributed by atoms with Gasteiger partial charge in [-0.05, 0) is 23.3 Å². The van der Waals surface area contributed by atoms with Gasteiger partial charge in [0.15, 0.2) is 10.5 Å². The zero-order valence-electron chi connectivity index (χ0n) is 16.4. The average molecular weight is 470 g/mol. The van der Waals surface area contributed by atoms with Crippen LogP contribution in [0.5, 0.6) is 0 Å². The number of thiocarbonyl (C=S) groups is 1. The van der Waals surface area contributed by atoms with Crippen molar-refractivity contribution in [3.8, 4) is 0 Å². The molecule has 4 amide bonds. The van der Waals surface area contributed by atoms with Gasteiger partial charge in [0.25, 0.3) is 11.4 Å². The van der Waals surface area contributed by atoms with Crippen LogP contribution in [-0.2, 0) is 9.59 Å². The van der Waals surface area contributed by atoms with E-state index in [4.69, 9.17) is 12.2 Å². The molecule has 4 N–H and O–H groups in total. The number of carbonyl (C=O) groups is 3.